The molecule has 1 aromatic heterocycles. The summed E-state index contributed by atoms with van der Waals surface area (Å²) in [5, 5.41) is 4.73. The van der Waals surface area contributed by atoms with Crippen LogP contribution in [-0.2, 0) is 16.1 Å². The molecule has 0 saturated carbocycles. The van der Waals surface area contributed by atoms with Crippen molar-refractivity contribution in [3.63, 3.8) is 0 Å². The molecule has 2 aliphatic rings. The van der Waals surface area contributed by atoms with Crippen LogP contribution in [0.2, 0.25) is 0 Å². The van der Waals surface area contributed by atoms with Gasteiger partial charge in [-0.1, -0.05) is 42.5 Å². The van der Waals surface area contributed by atoms with Crippen LogP contribution in [0.1, 0.15) is 17.2 Å². The van der Waals surface area contributed by atoms with Crippen LogP contribution in [0.4, 0.5) is 0 Å². The fourth-order valence-electron chi connectivity index (χ4n) is 4.91. The predicted molar refractivity (Wildman–Crippen MR) is 134 cm³/mol. The zero-order valence-electron chi connectivity index (χ0n) is 20.8. The lowest BCUT2D eigenvalue weighted by atomic mass is 9.94. The molecule has 3 heterocycles. The number of benzene rings is 2. The third-order valence-corrected chi connectivity index (χ3v) is 7.04. The van der Waals surface area contributed by atoms with Crippen molar-refractivity contribution in [1.82, 2.24) is 14.8 Å². The second-order valence-electron chi connectivity index (χ2n) is 9.40. The highest BCUT2D eigenvalue weighted by Gasteiger charge is 2.29. The Morgan fingerprint density at radius 1 is 0.917 bits per heavy atom. The minimum Gasteiger partial charge on any atom is -0.497 e. The molecular weight excluding hydrogens is 458 g/mol. The van der Waals surface area contributed by atoms with E-state index in [0.29, 0.717) is 31.4 Å². The minimum absolute atomic E-state index is 0.123. The molecular formula is C27H35N5O4+2. The maximum atomic E-state index is 13.9. The first-order valence-corrected chi connectivity index (χ1v) is 12.7. The quantitative estimate of drug-likeness (QED) is 0.429. The normalized spacial score (nSPS) is 18.1. The van der Waals surface area contributed by atoms with Crippen LogP contribution in [0, 0.1) is 0 Å². The summed E-state index contributed by atoms with van der Waals surface area (Å²) in [5.41, 5.74) is 2.37. The summed E-state index contributed by atoms with van der Waals surface area (Å²) in [6.45, 7) is 7.65. The number of nitrogens with zero attached hydrogens (tertiary/aromatic N) is 3. The third kappa shape index (κ3) is 5.82. The second-order valence-corrected chi connectivity index (χ2v) is 9.40. The van der Waals surface area contributed by atoms with E-state index >= 15 is 0 Å². The van der Waals surface area contributed by atoms with E-state index in [0.717, 1.165) is 62.8 Å². The molecule has 1 atom stereocenters. The van der Waals surface area contributed by atoms with Gasteiger partial charge in [0.05, 0.1) is 46.0 Å². The number of nitrogens with one attached hydrogen (secondary N) is 2. The SMILES string of the molecule is COc1ccc([C@@H](C[NH+]2CCOCC2)c2nc(-c3ccccc3)nn(C[NH+]3CCOCC3)c2=O)cc1. The van der Waals surface area contributed by atoms with Gasteiger partial charge in [-0.05, 0) is 17.7 Å². The van der Waals surface area contributed by atoms with Gasteiger partial charge in [-0.3, -0.25) is 4.79 Å². The van der Waals surface area contributed by atoms with E-state index in [-0.39, 0.29) is 11.5 Å². The van der Waals surface area contributed by atoms with Gasteiger partial charge in [0.2, 0.25) is 0 Å². The summed E-state index contributed by atoms with van der Waals surface area (Å²) in [7, 11) is 1.66. The highest BCUT2D eigenvalue weighted by molar-refractivity contribution is 5.54. The maximum absolute atomic E-state index is 13.9. The van der Waals surface area contributed by atoms with Crippen LogP contribution in [0.15, 0.2) is 59.4 Å². The average molecular weight is 494 g/mol. The molecule has 9 nitrogen and oxygen atoms in total. The number of hydrogen-bond donors (Lipinski definition) is 2. The smallest absolute Gasteiger partial charge is 0.294 e. The van der Waals surface area contributed by atoms with Crippen molar-refractivity contribution in [3.8, 4) is 17.1 Å². The molecule has 2 N–H and O–H groups in total. The van der Waals surface area contributed by atoms with Crippen LogP contribution in [0.25, 0.3) is 11.4 Å². The molecule has 190 valence electrons. The molecule has 2 aliphatic heterocycles. The molecule has 0 unspecified atom stereocenters. The summed E-state index contributed by atoms with van der Waals surface area (Å²) < 4.78 is 18.1. The van der Waals surface area contributed by atoms with Crippen LogP contribution in [0.3, 0.4) is 0 Å². The number of quaternary nitrogens is 2. The Morgan fingerprint density at radius 3 is 2.19 bits per heavy atom. The van der Waals surface area contributed by atoms with E-state index < -0.39 is 0 Å². The number of methoxy groups -OCH3 is 1. The lowest BCUT2D eigenvalue weighted by Gasteiger charge is -2.28. The maximum Gasteiger partial charge on any atom is 0.294 e. The molecule has 3 aromatic rings. The largest absolute Gasteiger partial charge is 0.497 e. The molecule has 0 spiro atoms. The summed E-state index contributed by atoms with van der Waals surface area (Å²) in [4.78, 5) is 21.6. The second kappa shape index (κ2) is 11.7. The first-order valence-electron chi connectivity index (χ1n) is 12.7. The zero-order valence-corrected chi connectivity index (χ0v) is 20.8. The Bertz CT molecular complexity index is 1170. The lowest BCUT2D eigenvalue weighted by molar-refractivity contribution is -0.931. The van der Waals surface area contributed by atoms with Crippen molar-refractivity contribution in [2.24, 2.45) is 0 Å². The van der Waals surface area contributed by atoms with Gasteiger partial charge in [0.25, 0.3) is 5.56 Å². The summed E-state index contributed by atoms with van der Waals surface area (Å²) in [6, 6.07) is 17.9. The first-order chi connectivity index (χ1) is 17.7. The van der Waals surface area contributed by atoms with Crippen LogP contribution in [0.5, 0.6) is 5.75 Å². The monoisotopic (exact) mass is 493 g/mol. The van der Waals surface area contributed by atoms with Gasteiger partial charge < -0.3 is 24.0 Å². The van der Waals surface area contributed by atoms with E-state index in [4.69, 9.17) is 24.3 Å². The van der Waals surface area contributed by atoms with Gasteiger partial charge in [-0.15, -0.1) is 5.10 Å². The number of ether oxygens (including phenoxy) is 3. The molecule has 0 bridgehead atoms. The average Bonchev–Trinajstić information content (AvgIpc) is 2.95. The van der Waals surface area contributed by atoms with Crippen molar-refractivity contribution in [2.75, 3.05) is 66.3 Å². The molecule has 5 rings (SSSR count). The van der Waals surface area contributed by atoms with Gasteiger partial charge in [0.1, 0.15) is 37.6 Å². The molecule has 0 aliphatic carbocycles. The van der Waals surface area contributed by atoms with Crippen molar-refractivity contribution in [3.05, 3.63) is 76.2 Å². The van der Waals surface area contributed by atoms with Crippen LogP contribution < -0.4 is 20.1 Å². The van der Waals surface area contributed by atoms with E-state index in [1.165, 1.54) is 9.80 Å². The van der Waals surface area contributed by atoms with Crippen LogP contribution >= 0.6 is 0 Å². The molecule has 0 amide bonds. The van der Waals surface area contributed by atoms with Gasteiger partial charge in [0, 0.05) is 5.56 Å². The summed E-state index contributed by atoms with van der Waals surface area (Å²) in [5.74, 6) is 1.19. The molecule has 2 aromatic carbocycles. The van der Waals surface area contributed by atoms with E-state index in [9.17, 15) is 4.79 Å². The number of rotatable bonds is 8. The summed E-state index contributed by atoms with van der Waals surface area (Å²) in [6.07, 6.45) is 0. The molecule has 36 heavy (non-hydrogen) atoms. The van der Waals surface area contributed by atoms with Gasteiger partial charge in [0.15, 0.2) is 12.5 Å². The Labute approximate surface area is 211 Å². The van der Waals surface area contributed by atoms with E-state index in [2.05, 4.69) is 0 Å². The van der Waals surface area contributed by atoms with Crippen molar-refractivity contribution < 1.29 is 24.0 Å². The minimum atomic E-state index is -0.173. The zero-order chi connectivity index (χ0) is 24.7. The third-order valence-electron chi connectivity index (χ3n) is 7.04. The Kier molecular flexibility index (Phi) is 8.02. The van der Waals surface area contributed by atoms with E-state index in [1.54, 1.807) is 11.8 Å². The van der Waals surface area contributed by atoms with Crippen LogP contribution in [-0.4, -0.2) is 81.0 Å². The molecule has 0 radical (unpaired) electrons. The number of morpholine rings is 2. The summed E-state index contributed by atoms with van der Waals surface area (Å²) >= 11 is 0. The van der Waals surface area contributed by atoms with Gasteiger partial charge >= 0.3 is 0 Å². The molecule has 2 saturated heterocycles. The topological polar surface area (TPSA) is 84.3 Å². The fraction of sp³-hybridized carbons (Fsp3) is 0.444. The number of hydrogen-bond acceptors (Lipinski definition) is 6. The Balaban J connectivity index is 1.59. The van der Waals surface area contributed by atoms with Gasteiger partial charge in [-0.25, -0.2) is 4.98 Å². The van der Waals surface area contributed by atoms with Crippen molar-refractivity contribution in [2.45, 2.75) is 12.6 Å². The molecule has 9 heteroatoms. The first kappa shape index (κ1) is 24.6. The van der Waals surface area contributed by atoms with Crippen molar-refractivity contribution in [1.29, 1.82) is 0 Å². The lowest BCUT2D eigenvalue weighted by Crippen LogP contribution is -3.14. The van der Waals surface area contributed by atoms with Crippen molar-refractivity contribution >= 4 is 0 Å². The fourth-order valence-corrected chi connectivity index (χ4v) is 4.91. The van der Waals surface area contributed by atoms with E-state index in [1.807, 2.05) is 54.6 Å². The Morgan fingerprint density at radius 2 is 1.56 bits per heavy atom. The van der Waals surface area contributed by atoms with Gasteiger partial charge in [-0.2, -0.15) is 4.68 Å². The Hall–Kier alpha value is -3.11. The highest BCUT2D eigenvalue weighted by Crippen LogP contribution is 2.24. The highest BCUT2D eigenvalue weighted by atomic mass is 16.5. The predicted octanol–water partition coefficient (Wildman–Crippen LogP) is -0.766. The number of aromatic nitrogens is 3. The standard InChI is InChI=1S/C27H33N5O4/c1-34-23-9-7-21(8-10-23)24(19-30-11-15-35-16-12-30)25-27(33)32(20-31-13-17-36-18-14-31)29-26(28-25)22-5-3-2-4-6-22/h2-10,24H,11-20H2,1H3/p+2/t24-/m1/s1. The molecule has 2 fully saturated rings.